The van der Waals surface area contributed by atoms with Crippen LogP contribution < -0.4 is 10.2 Å². The van der Waals surface area contributed by atoms with E-state index in [4.69, 9.17) is 0 Å². The van der Waals surface area contributed by atoms with Gasteiger partial charge in [-0.15, -0.1) is 0 Å². The lowest BCUT2D eigenvalue weighted by Gasteiger charge is -2.39. The van der Waals surface area contributed by atoms with Gasteiger partial charge in [0.25, 0.3) is 0 Å². The third kappa shape index (κ3) is 2.76. The van der Waals surface area contributed by atoms with Crippen molar-refractivity contribution in [2.75, 3.05) is 18.0 Å². The zero-order chi connectivity index (χ0) is 14.3. The summed E-state index contributed by atoms with van der Waals surface area (Å²) in [7, 11) is 0. The Bertz CT molecular complexity index is 519. The number of rotatable bonds is 4. The highest BCUT2D eigenvalue weighted by atomic mass is 16.2. The molecule has 1 saturated heterocycles. The fourth-order valence-corrected chi connectivity index (χ4v) is 2.49. The Morgan fingerprint density at radius 3 is 2.65 bits per heavy atom. The van der Waals surface area contributed by atoms with Crippen LogP contribution in [-0.2, 0) is 4.79 Å². The molecular weight excluding hydrogens is 252 g/mol. The van der Waals surface area contributed by atoms with Crippen LogP contribution in [0.2, 0.25) is 0 Å². The Kier molecular flexibility index (Phi) is 3.36. The van der Waals surface area contributed by atoms with Crippen LogP contribution in [0.1, 0.15) is 44.1 Å². The summed E-state index contributed by atoms with van der Waals surface area (Å²) in [5.74, 6) is 2.78. The molecule has 0 aromatic carbocycles. The van der Waals surface area contributed by atoms with Crippen LogP contribution in [0.25, 0.3) is 0 Å². The van der Waals surface area contributed by atoms with Crippen LogP contribution in [-0.4, -0.2) is 35.0 Å². The minimum Gasteiger partial charge on any atom is -0.355 e. The monoisotopic (exact) mass is 274 g/mol. The van der Waals surface area contributed by atoms with Crippen molar-refractivity contribution in [3.8, 4) is 0 Å². The molecule has 0 atom stereocenters. The van der Waals surface area contributed by atoms with Gasteiger partial charge in [0.1, 0.15) is 11.6 Å². The summed E-state index contributed by atoms with van der Waals surface area (Å²) < 4.78 is 0. The predicted molar refractivity (Wildman–Crippen MR) is 77.7 cm³/mol. The van der Waals surface area contributed by atoms with Gasteiger partial charge in [0.15, 0.2) is 0 Å². The standard InChI is InChI=1S/C15H22N4O/c1-9(2)16-15(20)12-7-19(8-12)13-6-10(3)17-14(18-13)11-4-5-11/h6,9,11-12H,4-5,7-8H2,1-3H3,(H,16,20). The molecule has 1 aromatic heterocycles. The van der Waals surface area contributed by atoms with Gasteiger partial charge >= 0.3 is 0 Å². The Morgan fingerprint density at radius 2 is 2.05 bits per heavy atom. The van der Waals surface area contributed by atoms with Crippen molar-refractivity contribution in [3.63, 3.8) is 0 Å². The summed E-state index contributed by atoms with van der Waals surface area (Å²) in [5.41, 5.74) is 1.02. The molecule has 108 valence electrons. The summed E-state index contributed by atoms with van der Waals surface area (Å²) in [6.07, 6.45) is 2.42. The zero-order valence-electron chi connectivity index (χ0n) is 12.4. The summed E-state index contributed by atoms with van der Waals surface area (Å²) in [6, 6.07) is 2.22. The lowest BCUT2D eigenvalue weighted by atomic mass is 9.99. The van der Waals surface area contributed by atoms with Crippen molar-refractivity contribution in [1.29, 1.82) is 0 Å². The van der Waals surface area contributed by atoms with Crippen LogP contribution in [0.3, 0.4) is 0 Å². The first kappa shape index (κ1) is 13.3. The third-order valence-corrected chi connectivity index (χ3v) is 3.81. The maximum atomic E-state index is 11.9. The number of anilines is 1. The summed E-state index contributed by atoms with van der Waals surface area (Å²) in [4.78, 5) is 23.2. The van der Waals surface area contributed by atoms with Crippen molar-refractivity contribution < 1.29 is 4.79 Å². The van der Waals surface area contributed by atoms with E-state index < -0.39 is 0 Å². The number of hydrogen-bond donors (Lipinski definition) is 1. The molecule has 1 aliphatic heterocycles. The highest BCUT2D eigenvalue weighted by Gasteiger charge is 2.35. The quantitative estimate of drug-likeness (QED) is 0.906. The van der Waals surface area contributed by atoms with Gasteiger partial charge in [0, 0.05) is 36.8 Å². The van der Waals surface area contributed by atoms with Gasteiger partial charge in [-0.2, -0.15) is 0 Å². The van der Waals surface area contributed by atoms with Crippen LogP contribution >= 0.6 is 0 Å². The molecule has 1 aliphatic carbocycles. The number of hydrogen-bond acceptors (Lipinski definition) is 4. The largest absolute Gasteiger partial charge is 0.355 e. The summed E-state index contributed by atoms with van der Waals surface area (Å²) in [6.45, 7) is 7.52. The molecule has 2 heterocycles. The molecule has 0 bridgehead atoms. The third-order valence-electron chi connectivity index (χ3n) is 3.81. The molecule has 0 radical (unpaired) electrons. The van der Waals surface area contributed by atoms with Crippen molar-refractivity contribution in [2.45, 2.75) is 45.6 Å². The lowest BCUT2D eigenvalue weighted by molar-refractivity contribution is -0.126. The zero-order valence-corrected chi connectivity index (χ0v) is 12.4. The van der Waals surface area contributed by atoms with Crippen molar-refractivity contribution >= 4 is 11.7 Å². The molecule has 1 aromatic rings. The molecule has 3 rings (SSSR count). The van der Waals surface area contributed by atoms with Crippen LogP contribution in [0.15, 0.2) is 6.07 Å². The number of amides is 1. The van der Waals surface area contributed by atoms with Crippen LogP contribution in [0, 0.1) is 12.8 Å². The van der Waals surface area contributed by atoms with Gasteiger partial charge in [-0.05, 0) is 33.6 Å². The number of carbonyl (C=O) groups is 1. The van der Waals surface area contributed by atoms with Gasteiger partial charge in [0.05, 0.1) is 5.92 Å². The number of carbonyl (C=O) groups excluding carboxylic acids is 1. The molecule has 1 amide bonds. The van der Waals surface area contributed by atoms with Gasteiger partial charge in [-0.25, -0.2) is 9.97 Å². The molecule has 2 aliphatic rings. The van der Waals surface area contributed by atoms with Gasteiger partial charge in [0.2, 0.25) is 5.91 Å². The summed E-state index contributed by atoms with van der Waals surface area (Å²) in [5, 5.41) is 2.97. The van der Waals surface area contributed by atoms with Gasteiger partial charge < -0.3 is 10.2 Å². The average molecular weight is 274 g/mol. The second-order valence-electron chi connectivity index (χ2n) is 6.27. The Balaban J connectivity index is 1.63. The van der Waals surface area contributed by atoms with E-state index in [2.05, 4.69) is 20.2 Å². The van der Waals surface area contributed by atoms with Gasteiger partial charge in [-0.1, -0.05) is 0 Å². The molecule has 5 nitrogen and oxygen atoms in total. The molecule has 0 unspecified atom stereocenters. The highest BCUT2D eigenvalue weighted by molar-refractivity contribution is 5.82. The molecule has 5 heteroatoms. The first-order valence-corrected chi connectivity index (χ1v) is 7.44. The second kappa shape index (κ2) is 5.04. The number of nitrogens with zero attached hydrogens (tertiary/aromatic N) is 3. The Hall–Kier alpha value is -1.65. The first-order chi connectivity index (χ1) is 9.52. The Morgan fingerprint density at radius 1 is 1.35 bits per heavy atom. The van der Waals surface area contributed by atoms with Crippen LogP contribution in [0.4, 0.5) is 5.82 Å². The van der Waals surface area contributed by atoms with E-state index in [0.717, 1.165) is 30.4 Å². The number of nitrogens with one attached hydrogen (secondary N) is 1. The fourth-order valence-electron chi connectivity index (χ4n) is 2.49. The fraction of sp³-hybridized carbons (Fsp3) is 0.667. The Labute approximate surface area is 119 Å². The molecule has 2 fully saturated rings. The lowest BCUT2D eigenvalue weighted by Crippen LogP contribution is -2.55. The van der Waals surface area contributed by atoms with E-state index in [-0.39, 0.29) is 17.9 Å². The van der Waals surface area contributed by atoms with E-state index in [1.165, 1.54) is 12.8 Å². The van der Waals surface area contributed by atoms with E-state index >= 15 is 0 Å². The van der Waals surface area contributed by atoms with Crippen LogP contribution in [0.5, 0.6) is 0 Å². The molecular formula is C15H22N4O. The first-order valence-electron chi connectivity index (χ1n) is 7.44. The molecule has 1 saturated carbocycles. The number of aryl methyl sites for hydroxylation is 1. The van der Waals surface area contributed by atoms with Crippen molar-refractivity contribution in [2.24, 2.45) is 5.92 Å². The van der Waals surface area contributed by atoms with Gasteiger partial charge in [-0.3, -0.25) is 4.79 Å². The normalized spacial score (nSPS) is 19.1. The smallest absolute Gasteiger partial charge is 0.226 e. The maximum Gasteiger partial charge on any atom is 0.226 e. The predicted octanol–water partition coefficient (Wildman–Crippen LogP) is 1.62. The van der Waals surface area contributed by atoms with E-state index in [9.17, 15) is 4.79 Å². The minimum atomic E-state index is 0.0945. The molecule has 1 N–H and O–H groups in total. The maximum absolute atomic E-state index is 11.9. The van der Waals surface area contributed by atoms with Crippen molar-refractivity contribution in [3.05, 3.63) is 17.6 Å². The molecule has 0 spiro atoms. The SMILES string of the molecule is Cc1cc(N2CC(C(=O)NC(C)C)C2)nc(C2CC2)n1. The molecule has 20 heavy (non-hydrogen) atoms. The van der Waals surface area contributed by atoms with E-state index in [1.807, 2.05) is 26.8 Å². The topological polar surface area (TPSA) is 58.1 Å². The average Bonchev–Trinajstić information content (AvgIpc) is 3.08. The van der Waals surface area contributed by atoms with E-state index in [0.29, 0.717) is 5.92 Å². The van der Waals surface area contributed by atoms with Crippen molar-refractivity contribution in [1.82, 2.24) is 15.3 Å². The summed E-state index contributed by atoms with van der Waals surface area (Å²) >= 11 is 0. The van der Waals surface area contributed by atoms with E-state index in [1.54, 1.807) is 0 Å². The second-order valence-corrected chi connectivity index (χ2v) is 6.27. The minimum absolute atomic E-state index is 0.0945. The highest BCUT2D eigenvalue weighted by Crippen LogP contribution is 2.39. The number of aromatic nitrogens is 2.